The molecule has 0 radical (unpaired) electrons. The number of nitrogens with zero attached hydrogens (tertiary/aromatic N) is 3. The zero-order chi connectivity index (χ0) is 19.9. The topological polar surface area (TPSA) is 151 Å². The lowest BCUT2D eigenvalue weighted by Gasteiger charge is -2.24. The molecule has 1 aliphatic rings. The van der Waals surface area contributed by atoms with Gasteiger partial charge in [0.05, 0.1) is 6.20 Å². The minimum Gasteiger partial charge on any atom is -0.490 e. The lowest BCUT2D eigenvalue weighted by Crippen LogP contribution is -2.27. The number of para-hydroxylation sites is 1. The Balaban J connectivity index is 1.73. The van der Waals surface area contributed by atoms with E-state index in [2.05, 4.69) is 20.6 Å². The van der Waals surface area contributed by atoms with E-state index in [1.54, 1.807) is 0 Å². The summed E-state index contributed by atoms with van der Waals surface area (Å²) in [6.07, 6.45) is 2.56. The molecular weight excluding hydrogens is 380 g/mol. The molecule has 2 aromatic rings. The fourth-order valence-corrected chi connectivity index (χ4v) is 2.89. The van der Waals surface area contributed by atoms with Crippen LogP contribution in [0.3, 0.4) is 0 Å². The normalized spacial score (nSPS) is 11.6. The van der Waals surface area contributed by atoms with Crippen molar-refractivity contribution in [2.24, 2.45) is 22.2 Å². The Morgan fingerprint density at radius 1 is 1.36 bits per heavy atom. The zero-order valence-electron chi connectivity index (χ0n) is 15.4. The molecule has 0 unspecified atom stereocenters. The van der Waals surface area contributed by atoms with Crippen LogP contribution in [0.1, 0.15) is 6.42 Å². The Morgan fingerprint density at radius 3 is 3.00 bits per heavy atom. The molecule has 0 amide bonds. The van der Waals surface area contributed by atoms with Gasteiger partial charge in [0, 0.05) is 26.3 Å². The molecule has 0 atom stereocenters. The molecule has 3 rings (SSSR count). The number of aliphatic imine (C=N–C) groups is 1. The Hall–Kier alpha value is -2.89. The molecule has 11 heteroatoms. The van der Waals surface area contributed by atoms with Crippen LogP contribution in [0.5, 0.6) is 17.2 Å². The van der Waals surface area contributed by atoms with E-state index in [9.17, 15) is 0 Å². The number of nitrogens with two attached hydrogens (primary N) is 3. The number of nitrogens with one attached hydrogen (secondary N) is 2. The van der Waals surface area contributed by atoms with Crippen LogP contribution in [0.2, 0.25) is 0 Å². The number of hydrogen-bond donors (Lipinski definition) is 5. The summed E-state index contributed by atoms with van der Waals surface area (Å²) >= 11 is 5.39. The highest BCUT2D eigenvalue weighted by Gasteiger charge is 2.22. The second kappa shape index (κ2) is 9.35. The molecule has 0 aliphatic carbocycles. The molecule has 0 fully saturated rings. The maximum Gasteiger partial charge on any atom is 0.201 e. The monoisotopic (exact) mass is 404 g/mol. The van der Waals surface area contributed by atoms with Gasteiger partial charge in [-0.25, -0.2) is 0 Å². The number of fused-ring (bicyclic) bond motifs is 2. The predicted molar refractivity (Wildman–Crippen MR) is 111 cm³/mol. The third-order valence-electron chi connectivity index (χ3n) is 3.94. The molecule has 1 aromatic heterocycles. The van der Waals surface area contributed by atoms with Gasteiger partial charge in [0.2, 0.25) is 4.77 Å². The van der Waals surface area contributed by atoms with Crippen molar-refractivity contribution in [2.75, 3.05) is 31.7 Å². The molecular formula is C17H24N8O2S. The smallest absolute Gasteiger partial charge is 0.201 e. The molecule has 28 heavy (non-hydrogen) atoms. The standard InChI is InChI=1S/C17H24N8O2S/c18-10-21-6-8-26-11-3-1-4-12-14(11)23-15-13(27-12)9-25(17(28)24-15)7-2-5-22-16(19)20/h1,3-4,9,21H,2,5-8,10,18H2,(H4,19,20,22)(H,23,24,28). The number of ether oxygens (including phenoxy) is 2. The maximum absolute atomic E-state index is 6.01. The van der Waals surface area contributed by atoms with Gasteiger partial charge in [-0.1, -0.05) is 6.07 Å². The average Bonchev–Trinajstić information content (AvgIpc) is 2.67. The highest BCUT2D eigenvalue weighted by molar-refractivity contribution is 7.71. The quantitative estimate of drug-likeness (QED) is 0.116. The van der Waals surface area contributed by atoms with Crippen molar-refractivity contribution < 1.29 is 9.47 Å². The number of rotatable bonds is 9. The SMILES string of the molecule is NCNCCOc1cccc2c1Nc1nc(=S)n(CCCN=C(N)N)cc1O2. The van der Waals surface area contributed by atoms with Crippen LogP contribution in [0.4, 0.5) is 11.5 Å². The van der Waals surface area contributed by atoms with Crippen molar-refractivity contribution in [1.82, 2.24) is 14.9 Å². The van der Waals surface area contributed by atoms with Gasteiger partial charge < -0.3 is 41.9 Å². The third-order valence-corrected chi connectivity index (χ3v) is 4.27. The van der Waals surface area contributed by atoms with Gasteiger partial charge in [-0.05, 0) is 30.8 Å². The summed E-state index contributed by atoms with van der Waals surface area (Å²) in [4.78, 5) is 8.42. The first-order valence-corrected chi connectivity index (χ1v) is 9.27. The average molecular weight is 405 g/mol. The molecule has 0 bridgehead atoms. The number of guanidine groups is 1. The first-order chi connectivity index (χ1) is 13.6. The van der Waals surface area contributed by atoms with Gasteiger partial charge in [0.25, 0.3) is 0 Å². The second-order valence-electron chi connectivity index (χ2n) is 6.00. The number of hydrogen-bond acceptors (Lipinski definition) is 8. The molecule has 2 heterocycles. The van der Waals surface area contributed by atoms with Crippen molar-refractivity contribution in [3.63, 3.8) is 0 Å². The first-order valence-electron chi connectivity index (χ1n) is 8.87. The van der Waals surface area contributed by atoms with E-state index in [0.717, 1.165) is 12.1 Å². The number of anilines is 2. The van der Waals surface area contributed by atoms with Gasteiger partial charge in [-0.3, -0.25) is 4.99 Å². The van der Waals surface area contributed by atoms with Crippen molar-refractivity contribution in [3.05, 3.63) is 29.2 Å². The number of benzene rings is 1. The summed E-state index contributed by atoms with van der Waals surface area (Å²) in [7, 11) is 0. The zero-order valence-corrected chi connectivity index (χ0v) is 16.2. The minimum absolute atomic E-state index is 0.0770. The van der Waals surface area contributed by atoms with E-state index in [0.29, 0.717) is 60.7 Å². The second-order valence-corrected chi connectivity index (χ2v) is 6.36. The highest BCUT2D eigenvalue weighted by Crippen LogP contribution is 2.45. The molecule has 1 aliphatic heterocycles. The van der Waals surface area contributed by atoms with Crippen LogP contribution in [-0.4, -0.2) is 41.9 Å². The van der Waals surface area contributed by atoms with Gasteiger partial charge in [-0.15, -0.1) is 0 Å². The van der Waals surface area contributed by atoms with Crippen molar-refractivity contribution in [1.29, 1.82) is 0 Å². The molecule has 0 saturated heterocycles. The van der Waals surface area contributed by atoms with E-state index in [1.165, 1.54) is 0 Å². The Bertz CT molecular complexity index is 911. The fraction of sp³-hybridized carbons (Fsp3) is 0.353. The lowest BCUT2D eigenvalue weighted by atomic mass is 10.2. The summed E-state index contributed by atoms with van der Waals surface area (Å²) in [6, 6.07) is 5.60. The number of aromatic nitrogens is 2. The predicted octanol–water partition coefficient (Wildman–Crippen LogP) is 1.01. The lowest BCUT2D eigenvalue weighted by molar-refractivity contribution is 0.314. The van der Waals surface area contributed by atoms with E-state index in [-0.39, 0.29) is 5.96 Å². The minimum atomic E-state index is 0.0770. The Labute approximate surface area is 167 Å². The maximum atomic E-state index is 6.01. The van der Waals surface area contributed by atoms with Crippen LogP contribution < -0.4 is 37.3 Å². The van der Waals surface area contributed by atoms with Crippen molar-refractivity contribution in [3.8, 4) is 17.2 Å². The summed E-state index contributed by atoms with van der Waals surface area (Å²) in [5.74, 6) is 2.54. The molecule has 0 spiro atoms. The van der Waals surface area contributed by atoms with E-state index < -0.39 is 0 Å². The highest BCUT2D eigenvalue weighted by atomic mass is 32.1. The van der Waals surface area contributed by atoms with Gasteiger partial charge in [-0.2, -0.15) is 4.98 Å². The number of aryl methyl sites for hydroxylation is 1. The molecule has 8 N–H and O–H groups in total. The van der Waals surface area contributed by atoms with Crippen molar-refractivity contribution in [2.45, 2.75) is 13.0 Å². The molecule has 0 saturated carbocycles. The van der Waals surface area contributed by atoms with Crippen LogP contribution >= 0.6 is 12.2 Å². The third kappa shape index (κ3) is 4.88. The largest absolute Gasteiger partial charge is 0.490 e. The van der Waals surface area contributed by atoms with Crippen molar-refractivity contribution >= 4 is 29.7 Å². The van der Waals surface area contributed by atoms with Crippen LogP contribution in [-0.2, 0) is 6.54 Å². The molecule has 150 valence electrons. The summed E-state index contributed by atoms with van der Waals surface area (Å²) in [6.45, 7) is 2.67. The van der Waals surface area contributed by atoms with E-state index in [1.807, 2.05) is 29.0 Å². The Kier molecular flexibility index (Phi) is 6.63. The van der Waals surface area contributed by atoms with Crippen LogP contribution in [0.15, 0.2) is 29.4 Å². The Morgan fingerprint density at radius 2 is 2.21 bits per heavy atom. The van der Waals surface area contributed by atoms with E-state index in [4.69, 9.17) is 38.9 Å². The fourth-order valence-electron chi connectivity index (χ4n) is 2.66. The van der Waals surface area contributed by atoms with Crippen LogP contribution in [0, 0.1) is 4.77 Å². The van der Waals surface area contributed by atoms with Crippen LogP contribution in [0.25, 0.3) is 0 Å². The van der Waals surface area contributed by atoms with Gasteiger partial charge in [0.15, 0.2) is 23.3 Å². The summed E-state index contributed by atoms with van der Waals surface area (Å²) in [5, 5.41) is 6.26. The van der Waals surface area contributed by atoms with Gasteiger partial charge >= 0.3 is 0 Å². The van der Waals surface area contributed by atoms with Gasteiger partial charge in [0.1, 0.15) is 18.0 Å². The molecule has 1 aromatic carbocycles. The first kappa shape index (κ1) is 19.9. The summed E-state index contributed by atoms with van der Waals surface area (Å²) in [5.41, 5.74) is 16.8. The van der Waals surface area contributed by atoms with E-state index >= 15 is 0 Å². The molecule has 10 nitrogen and oxygen atoms in total. The summed E-state index contributed by atoms with van der Waals surface area (Å²) < 4.78 is 14.1.